The largest absolute Gasteiger partial charge is 0.375 e. The Hall–Kier alpha value is -1.14. The lowest BCUT2D eigenvalue weighted by Gasteiger charge is -1.96. The quantitative estimate of drug-likeness (QED) is 0.803. The van der Waals surface area contributed by atoms with E-state index in [1.807, 2.05) is 10.8 Å². The molecule has 86 valence electrons. The number of nitrogens with zero attached hydrogens (tertiary/aromatic N) is 2. The molecular formula is C10H14N4S2. The number of aryl methyl sites for hydroxylation is 2. The average Bonchev–Trinajstić information content (AvgIpc) is 2.83. The van der Waals surface area contributed by atoms with Crippen LogP contribution in [0.4, 0.5) is 10.3 Å². The maximum Gasteiger partial charge on any atom is 0.180 e. The molecule has 0 spiro atoms. The minimum atomic E-state index is 0.655. The Labute approximate surface area is 102 Å². The van der Waals surface area contributed by atoms with Gasteiger partial charge in [-0.25, -0.2) is 9.97 Å². The van der Waals surface area contributed by atoms with Crippen molar-refractivity contribution in [3.63, 3.8) is 0 Å². The number of nitrogen functional groups attached to an aromatic ring is 2. The van der Waals surface area contributed by atoms with Crippen molar-refractivity contribution in [1.29, 1.82) is 0 Å². The second-order valence-corrected chi connectivity index (χ2v) is 5.34. The fourth-order valence-corrected chi connectivity index (χ4v) is 2.68. The zero-order chi connectivity index (χ0) is 11.4. The highest BCUT2D eigenvalue weighted by Crippen LogP contribution is 2.16. The van der Waals surface area contributed by atoms with Crippen molar-refractivity contribution >= 4 is 32.9 Å². The molecule has 0 aliphatic rings. The zero-order valence-corrected chi connectivity index (χ0v) is 10.5. The third-order valence-corrected chi connectivity index (χ3v) is 3.70. The predicted octanol–water partition coefficient (Wildman–Crippen LogP) is 2.33. The molecule has 0 bridgehead atoms. The molecule has 0 saturated heterocycles. The Morgan fingerprint density at radius 1 is 0.875 bits per heavy atom. The standard InChI is InChI=1S/C10H14N4S2/c11-9-13-7(5-15-9)3-1-2-4-8-6-16-10(12)14-8/h5-6H,1-4H2,(H2,11,13)(H2,12,14). The molecule has 4 nitrogen and oxygen atoms in total. The lowest BCUT2D eigenvalue weighted by atomic mass is 10.1. The molecule has 2 aromatic heterocycles. The van der Waals surface area contributed by atoms with Gasteiger partial charge in [0.25, 0.3) is 0 Å². The second kappa shape index (κ2) is 5.27. The van der Waals surface area contributed by atoms with Crippen LogP contribution in [0.3, 0.4) is 0 Å². The number of aromatic nitrogens is 2. The van der Waals surface area contributed by atoms with Crippen LogP contribution in [0.15, 0.2) is 10.8 Å². The zero-order valence-electron chi connectivity index (χ0n) is 8.85. The van der Waals surface area contributed by atoms with Crippen molar-refractivity contribution in [2.75, 3.05) is 11.5 Å². The molecular weight excluding hydrogens is 240 g/mol. The van der Waals surface area contributed by atoms with Crippen LogP contribution in [0.2, 0.25) is 0 Å². The van der Waals surface area contributed by atoms with Gasteiger partial charge in [0.05, 0.1) is 11.4 Å². The Kier molecular flexibility index (Phi) is 3.74. The van der Waals surface area contributed by atoms with E-state index in [0.717, 1.165) is 37.1 Å². The summed E-state index contributed by atoms with van der Waals surface area (Å²) in [5.41, 5.74) is 13.3. The summed E-state index contributed by atoms with van der Waals surface area (Å²) < 4.78 is 0. The molecule has 0 aliphatic carbocycles. The van der Waals surface area contributed by atoms with Crippen molar-refractivity contribution in [1.82, 2.24) is 9.97 Å². The summed E-state index contributed by atoms with van der Waals surface area (Å²) in [5, 5.41) is 5.36. The second-order valence-electron chi connectivity index (χ2n) is 3.56. The van der Waals surface area contributed by atoms with Gasteiger partial charge < -0.3 is 11.5 Å². The first kappa shape index (κ1) is 11.3. The molecule has 16 heavy (non-hydrogen) atoms. The molecule has 0 aliphatic heterocycles. The van der Waals surface area contributed by atoms with Crippen LogP contribution in [0.1, 0.15) is 24.2 Å². The van der Waals surface area contributed by atoms with Crippen LogP contribution < -0.4 is 11.5 Å². The molecule has 0 atom stereocenters. The Balaban J connectivity index is 1.69. The summed E-state index contributed by atoms with van der Waals surface area (Å²) in [5.74, 6) is 0. The number of unbranched alkanes of at least 4 members (excludes halogenated alkanes) is 1. The summed E-state index contributed by atoms with van der Waals surface area (Å²) >= 11 is 3.00. The summed E-state index contributed by atoms with van der Waals surface area (Å²) in [6, 6.07) is 0. The van der Waals surface area contributed by atoms with Crippen molar-refractivity contribution in [2.45, 2.75) is 25.7 Å². The van der Waals surface area contributed by atoms with Gasteiger partial charge >= 0.3 is 0 Å². The van der Waals surface area contributed by atoms with Gasteiger partial charge in [0.1, 0.15) is 0 Å². The Morgan fingerprint density at radius 3 is 1.62 bits per heavy atom. The molecule has 0 amide bonds. The first-order valence-corrected chi connectivity index (χ1v) is 6.90. The van der Waals surface area contributed by atoms with Crippen LogP contribution in [0, 0.1) is 0 Å². The monoisotopic (exact) mass is 254 g/mol. The Bertz CT molecular complexity index is 407. The van der Waals surface area contributed by atoms with Gasteiger partial charge in [0, 0.05) is 10.8 Å². The molecule has 4 N–H and O–H groups in total. The van der Waals surface area contributed by atoms with Crippen LogP contribution in [0.25, 0.3) is 0 Å². The van der Waals surface area contributed by atoms with Gasteiger partial charge in [0.15, 0.2) is 10.3 Å². The highest BCUT2D eigenvalue weighted by molar-refractivity contribution is 7.13. The van der Waals surface area contributed by atoms with Crippen molar-refractivity contribution in [3.05, 3.63) is 22.1 Å². The molecule has 2 rings (SSSR count). The molecule has 0 fully saturated rings. The summed E-state index contributed by atoms with van der Waals surface area (Å²) in [7, 11) is 0. The minimum Gasteiger partial charge on any atom is -0.375 e. The van der Waals surface area contributed by atoms with Gasteiger partial charge in [-0.05, 0) is 25.7 Å². The van der Waals surface area contributed by atoms with Crippen molar-refractivity contribution < 1.29 is 0 Å². The fourth-order valence-electron chi connectivity index (χ4n) is 1.49. The van der Waals surface area contributed by atoms with Crippen LogP contribution in [-0.2, 0) is 12.8 Å². The van der Waals surface area contributed by atoms with Crippen molar-refractivity contribution in [2.24, 2.45) is 0 Å². The first-order chi connectivity index (χ1) is 7.74. The van der Waals surface area contributed by atoms with E-state index in [9.17, 15) is 0 Å². The summed E-state index contributed by atoms with van der Waals surface area (Å²) in [6.07, 6.45) is 4.21. The average molecular weight is 254 g/mol. The molecule has 0 aromatic carbocycles. The number of hydrogen-bond donors (Lipinski definition) is 2. The van der Waals surface area contributed by atoms with Gasteiger partial charge in [-0.15, -0.1) is 22.7 Å². The minimum absolute atomic E-state index is 0.655. The summed E-state index contributed by atoms with van der Waals surface area (Å²) in [4.78, 5) is 8.44. The van der Waals surface area contributed by atoms with Crippen LogP contribution in [-0.4, -0.2) is 9.97 Å². The lowest BCUT2D eigenvalue weighted by Crippen LogP contribution is -1.91. The fraction of sp³-hybridized carbons (Fsp3) is 0.400. The first-order valence-electron chi connectivity index (χ1n) is 5.14. The smallest absolute Gasteiger partial charge is 0.180 e. The predicted molar refractivity (Wildman–Crippen MR) is 69.7 cm³/mol. The number of thiazole rings is 2. The van der Waals surface area contributed by atoms with E-state index in [2.05, 4.69) is 9.97 Å². The van der Waals surface area contributed by atoms with Gasteiger partial charge in [0.2, 0.25) is 0 Å². The third kappa shape index (κ3) is 3.18. The van der Waals surface area contributed by atoms with E-state index in [0.29, 0.717) is 10.3 Å². The van der Waals surface area contributed by atoms with Gasteiger partial charge in [-0.1, -0.05) is 0 Å². The lowest BCUT2D eigenvalue weighted by molar-refractivity contribution is 0.718. The van der Waals surface area contributed by atoms with Gasteiger partial charge in [-0.3, -0.25) is 0 Å². The van der Waals surface area contributed by atoms with Crippen molar-refractivity contribution in [3.8, 4) is 0 Å². The molecule has 6 heteroatoms. The number of rotatable bonds is 5. The molecule has 2 heterocycles. The molecule has 0 unspecified atom stereocenters. The number of nitrogens with two attached hydrogens (primary N) is 2. The SMILES string of the molecule is Nc1nc(CCCCc2csc(N)n2)cs1. The topological polar surface area (TPSA) is 77.8 Å². The Morgan fingerprint density at radius 2 is 1.31 bits per heavy atom. The van der Waals surface area contributed by atoms with Crippen LogP contribution in [0.5, 0.6) is 0 Å². The third-order valence-electron chi connectivity index (χ3n) is 2.25. The van der Waals surface area contributed by atoms with E-state index < -0.39 is 0 Å². The maximum atomic E-state index is 5.56. The molecule has 0 saturated carbocycles. The van der Waals surface area contributed by atoms with E-state index in [1.165, 1.54) is 22.7 Å². The highest BCUT2D eigenvalue weighted by Gasteiger charge is 2.01. The van der Waals surface area contributed by atoms with E-state index in [1.54, 1.807) is 0 Å². The van der Waals surface area contributed by atoms with E-state index >= 15 is 0 Å². The highest BCUT2D eigenvalue weighted by atomic mass is 32.1. The van der Waals surface area contributed by atoms with Crippen LogP contribution >= 0.6 is 22.7 Å². The van der Waals surface area contributed by atoms with E-state index in [4.69, 9.17) is 11.5 Å². The summed E-state index contributed by atoms with van der Waals surface area (Å²) in [6.45, 7) is 0. The number of hydrogen-bond acceptors (Lipinski definition) is 6. The number of anilines is 2. The molecule has 0 radical (unpaired) electrons. The maximum absolute atomic E-state index is 5.56. The van der Waals surface area contributed by atoms with E-state index in [-0.39, 0.29) is 0 Å². The van der Waals surface area contributed by atoms with Gasteiger partial charge in [-0.2, -0.15) is 0 Å². The molecule has 2 aromatic rings. The normalized spacial score (nSPS) is 10.8.